The average molecular weight is 1020 g/mol. The molecular weight excluding hydrogens is 1000 g/mol. The molecular formula is C70H15O10-. The van der Waals surface area contributed by atoms with E-state index in [1.54, 1.807) is 0 Å². The zero-order chi connectivity index (χ0) is 50.7. The molecule has 10 nitrogen and oxygen atoms in total. The second-order valence-electron chi connectivity index (χ2n) is 28.0. The molecule has 0 fully saturated rings. The molecule has 0 aliphatic heterocycles. The molecule has 0 spiro atoms. The Balaban J connectivity index is 1.15. The summed E-state index contributed by atoms with van der Waals surface area (Å²) in [4.78, 5) is 74.7. The molecule has 10 aliphatic carbocycles. The topological polar surface area (TPSA) is 186 Å². The number of hydrogen-bond donors (Lipinski definition) is 5. The summed E-state index contributed by atoms with van der Waals surface area (Å²) in [6.45, 7) is 0. The van der Waals surface area contributed by atoms with E-state index in [9.17, 15) is 49.5 Å². The highest BCUT2D eigenvalue weighted by molar-refractivity contribution is 6.77. The standard InChI is InChI=1S/C70H15O10/c71-6(72)1-66-51-41-31-21-16-11-12-14-15-13(11)18-25-23(16)33(31)43-45-35(25)37-27(18)29-20(15)30-28-19(14)26-24-17(12)22(21)32-34(24)44-46-36(26)38(28)48-50-40(30)39(29)49-47(37)57-55(45)67(53(43)51,2-7(73)74)62-61(66)63-65-64(62)69(57,4-9(77)78)59(49)60(50)70(65,5-10(79)80)58(48)56(46)68(63,3-8(75)76)54(44)52(66)42(32)41/h1-5H2,(H,71,72)(H,73,74)(H,75,76)(H,77,78)(H,79,80)/q-1. The molecule has 10 heteroatoms. The van der Waals surface area contributed by atoms with Crippen molar-refractivity contribution in [2.45, 2.75) is 59.2 Å². The molecule has 22 aromatic rings. The van der Waals surface area contributed by atoms with Crippen molar-refractivity contribution in [3.05, 3.63) is 83.5 Å². The van der Waals surface area contributed by atoms with Gasteiger partial charge in [-0.25, -0.2) is 0 Å². The van der Waals surface area contributed by atoms with Gasteiger partial charge < -0.3 is 25.5 Å². The first-order valence-corrected chi connectivity index (χ1v) is 28.2. The lowest BCUT2D eigenvalue weighted by Gasteiger charge is -2.59. The van der Waals surface area contributed by atoms with Gasteiger partial charge in [0.25, 0.3) is 0 Å². The van der Waals surface area contributed by atoms with Gasteiger partial charge in [-0.05, 0) is 271 Å². The highest BCUT2D eigenvalue weighted by Gasteiger charge is 2.75. The SMILES string of the molecule is O=C(O)CC12c3c4c5[c-]6c3C3(CC(=O)O)c7c1c1c8c2c2c9c%10c(c%11c%12c%13c(c%14c%15c%16c(c3c3c7c7c1c1c%17c8c9c8c9c%10c%12c%10c%12c%13c%15c%13c%15c%16c3c3c7c1c1c(c%178)c(c9%10)c(c%12%13)c1c3%15)C%146CC(=O)O)C%115CC(=O)O)C42CC(=O)O. The smallest absolute Gasteiger partial charge is 0.304 e. The van der Waals surface area contributed by atoms with Gasteiger partial charge >= 0.3 is 29.8 Å². The van der Waals surface area contributed by atoms with Crippen LogP contribution < -0.4 is 0 Å². The number of aliphatic carboxylic acids is 5. The quantitative estimate of drug-likeness (QED) is 0.0652. The second kappa shape index (κ2) is 7.64. The Hall–Kier alpha value is -9.80. The Labute approximate surface area is 435 Å². The van der Waals surface area contributed by atoms with E-state index < -0.39 is 89.0 Å². The first kappa shape index (κ1) is 33.5. The minimum atomic E-state index is -1.50. The van der Waals surface area contributed by atoms with Crippen molar-refractivity contribution >= 4 is 245 Å². The van der Waals surface area contributed by atoms with E-state index in [1.165, 1.54) is 108 Å². The van der Waals surface area contributed by atoms with Crippen molar-refractivity contribution < 1.29 is 49.5 Å². The van der Waals surface area contributed by atoms with Gasteiger partial charge in [0.05, 0.1) is 32.1 Å². The highest BCUT2D eigenvalue weighted by atomic mass is 16.4. The number of hydrogen-bond acceptors (Lipinski definition) is 5. The molecule has 0 radical (unpaired) electrons. The molecule has 0 aromatic heterocycles. The van der Waals surface area contributed by atoms with Crippen LogP contribution in [0.3, 0.4) is 0 Å². The molecule has 356 valence electrons. The van der Waals surface area contributed by atoms with Gasteiger partial charge in [0.1, 0.15) is 0 Å². The van der Waals surface area contributed by atoms with Gasteiger partial charge in [-0.1, -0.05) is 0 Å². The monoisotopic (exact) mass is 1020 g/mol. The van der Waals surface area contributed by atoms with Crippen LogP contribution in [0.2, 0.25) is 0 Å². The summed E-state index contributed by atoms with van der Waals surface area (Å²) >= 11 is 0. The molecule has 0 bridgehead atoms. The van der Waals surface area contributed by atoms with E-state index in [-0.39, 0.29) is 0 Å². The molecule has 0 amide bonds. The summed E-state index contributed by atoms with van der Waals surface area (Å²) in [6.07, 6.45) is -2.03. The van der Waals surface area contributed by atoms with E-state index in [0.717, 1.165) is 163 Å². The van der Waals surface area contributed by atoms with Gasteiger partial charge in [-0.2, -0.15) is 11.1 Å². The number of carbonyl (C=O) groups is 5. The molecule has 10 aliphatic rings. The maximum absolute atomic E-state index is 14.9. The number of carboxylic acid groups (broad SMARTS) is 5. The molecule has 0 saturated carbocycles. The minimum Gasteiger partial charge on any atom is -0.481 e. The molecule has 0 atom stereocenters. The highest BCUT2D eigenvalue weighted by Crippen LogP contribution is 2.90. The van der Waals surface area contributed by atoms with Gasteiger partial charge in [-0.3, -0.25) is 24.0 Å². The predicted molar refractivity (Wildman–Crippen MR) is 301 cm³/mol. The summed E-state index contributed by atoms with van der Waals surface area (Å²) in [5.41, 5.74) is 4.28. The fourth-order valence-electron chi connectivity index (χ4n) is 27.6. The Morgan fingerprint density at radius 1 is 0.212 bits per heavy atom. The lowest BCUT2D eigenvalue weighted by Crippen LogP contribution is -2.51. The third-order valence-corrected chi connectivity index (χ3v) is 27.2. The molecule has 80 heavy (non-hydrogen) atoms. The molecule has 0 saturated heterocycles. The Morgan fingerprint density at radius 3 is 0.588 bits per heavy atom. The fraction of sp³-hybridized carbons (Fsp3) is 0.143. The predicted octanol–water partition coefficient (Wildman–Crippen LogP) is 13.2. The van der Waals surface area contributed by atoms with Crippen molar-refractivity contribution in [3.63, 3.8) is 0 Å². The fourth-order valence-corrected chi connectivity index (χ4v) is 27.6. The van der Waals surface area contributed by atoms with Gasteiger partial charge in [0.2, 0.25) is 0 Å². The van der Waals surface area contributed by atoms with Gasteiger partial charge in [-0.15, -0.1) is 16.7 Å². The van der Waals surface area contributed by atoms with Crippen LogP contribution >= 0.6 is 0 Å². The molecule has 0 unspecified atom stereocenters. The average Bonchev–Trinajstić information content (AvgIpc) is 1.40. The summed E-state index contributed by atoms with van der Waals surface area (Å²) in [6, 6.07) is 0. The van der Waals surface area contributed by atoms with Crippen molar-refractivity contribution in [2.24, 2.45) is 0 Å². The Morgan fingerprint density at radius 2 is 0.375 bits per heavy atom. The number of rotatable bonds is 10. The van der Waals surface area contributed by atoms with E-state index in [0.29, 0.717) is 27.8 Å². The third-order valence-electron chi connectivity index (χ3n) is 27.2. The van der Waals surface area contributed by atoms with Crippen LogP contribution in [0, 0.1) is 0 Å². The lowest BCUT2D eigenvalue weighted by atomic mass is 9.46. The third kappa shape index (κ3) is 1.88. The summed E-state index contributed by atoms with van der Waals surface area (Å²) in [5.74, 6) is -5.21. The zero-order valence-corrected chi connectivity index (χ0v) is 40.3. The molecule has 22 aromatic carbocycles. The Bertz CT molecular complexity index is 6070. The lowest BCUT2D eigenvalue weighted by molar-refractivity contribution is -0.139. The van der Waals surface area contributed by atoms with Crippen LogP contribution in [-0.4, -0.2) is 55.4 Å². The van der Waals surface area contributed by atoms with Crippen LogP contribution in [-0.2, 0) is 51.0 Å². The van der Waals surface area contributed by atoms with Crippen molar-refractivity contribution in [3.8, 4) is 0 Å². The van der Waals surface area contributed by atoms with E-state index >= 15 is 0 Å². The summed E-state index contributed by atoms with van der Waals surface area (Å²) in [5, 5.41) is 107. The van der Waals surface area contributed by atoms with E-state index in [2.05, 4.69) is 0 Å². The maximum atomic E-state index is 14.9. The molecule has 5 N–H and O–H groups in total. The van der Waals surface area contributed by atoms with Crippen LogP contribution in [0.15, 0.2) is 0 Å². The first-order chi connectivity index (χ1) is 38.9. The molecule has 0 heterocycles. The largest absolute Gasteiger partial charge is 0.481 e. The number of carboxylic acids is 5. The van der Waals surface area contributed by atoms with Crippen LogP contribution in [0.4, 0.5) is 0 Å². The van der Waals surface area contributed by atoms with E-state index in [1.807, 2.05) is 0 Å². The van der Waals surface area contributed by atoms with E-state index in [4.69, 9.17) is 0 Å². The summed E-state index contributed by atoms with van der Waals surface area (Å²) < 4.78 is 0. The van der Waals surface area contributed by atoms with Crippen molar-refractivity contribution in [1.29, 1.82) is 0 Å². The Kier molecular flexibility index (Phi) is 3.20. The van der Waals surface area contributed by atoms with Crippen LogP contribution in [0.25, 0.3) is 215 Å². The van der Waals surface area contributed by atoms with Crippen molar-refractivity contribution in [1.82, 2.24) is 0 Å². The van der Waals surface area contributed by atoms with Gasteiger partial charge in [0, 0.05) is 27.1 Å². The minimum absolute atomic E-state index is 0.406. The normalized spacial score (nSPS) is 26.5. The summed E-state index contributed by atoms with van der Waals surface area (Å²) in [7, 11) is 0. The van der Waals surface area contributed by atoms with Crippen LogP contribution in [0.5, 0.6) is 0 Å². The number of benzene rings is 15. The van der Waals surface area contributed by atoms with Crippen molar-refractivity contribution in [2.75, 3.05) is 0 Å². The zero-order valence-electron chi connectivity index (χ0n) is 40.3. The second-order valence-corrected chi connectivity index (χ2v) is 28.0. The van der Waals surface area contributed by atoms with Crippen LogP contribution in [0.1, 0.15) is 116 Å². The maximum Gasteiger partial charge on any atom is 0.304 e. The first-order valence-electron chi connectivity index (χ1n) is 28.2. The molecule has 32 rings (SSSR count). The van der Waals surface area contributed by atoms with Gasteiger partial charge in [0.15, 0.2) is 0 Å².